The number of amides is 2. The molecule has 3 rings (SSSR count). The van der Waals surface area contributed by atoms with Crippen LogP contribution in [0.3, 0.4) is 0 Å². The summed E-state index contributed by atoms with van der Waals surface area (Å²) in [6, 6.07) is -0.315. The van der Waals surface area contributed by atoms with Crippen molar-refractivity contribution in [1.29, 1.82) is 0 Å². The van der Waals surface area contributed by atoms with Crippen LogP contribution < -0.4 is 15.5 Å². The monoisotopic (exact) mass is 489 g/mol. The highest BCUT2D eigenvalue weighted by Crippen LogP contribution is 2.31. The van der Waals surface area contributed by atoms with Crippen molar-refractivity contribution < 1.29 is 24.2 Å². The highest BCUT2D eigenvalue weighted by Gasteiger charge is 2.34. The van der Waals surface area contributed by atoms with E-state index in [0.29, 0.717) is 35.4 Å². The van der Waals surface area contributed by atoms with Gasteiger partial charge in [0, 0.05) is 32.9 Å². The van der Waals surface area contributed by atoms with Gasteiger partial charge in [0.1, 0.15) is 10.6 Å². The van der Waals surface area contributed by atoms with E-state index in [-0.39, 0.29) is 27.3 Å². The number of nitrogens with zero attached hydrogens (tertiary/aromatic N) is 2. The van der Waals surface area contributed by atoms with Crippen LogP contribution in [0, 0.1) is 6.92 Å². The third-order valence-corrected chi connectivity index (χ3v) is 7.03. The predicted octanol–water partition coefficient (Wildman–Crippen LogP) is 2.17. The topological polar surface area (TPSA) is 137 Å². The smallest absolute Gasteiger partial charge is 0.348 e. The molecule has 31 heavy (non-hydrogen) atoms. The summed E-state index contributed by atoms with van der Waals surface area (Å²) in [5, 5.41) is 15.6. The number of methoxy groups -OCH3 is 1. The second-order valence-corrected chi connectivity index (χ2v) is 8.63. The number of thiazole rings is 1. The zero-order valence-corrected chi connectivity index (χ0v) is 19.2. The normalized spacial score (nSPS) is 18.7. The minimum absolute atomic E-state index is 0.131. The molecule has 2 aromatic heterocycles. The summed E-state index contributed by atoms with van der Waals surface area (Å²) in [4.78, 5) is 44.9. The number of piperidine rings is 1. The van der Waals surface area contributed by atoms with Crippen molar-refractivity contribution in [2.75, 3.05) is 32.1 Å². The van der Waals surface area contributed by atoms with E-state index >= 15 is 0 Å². The molecule has 1 saturated heterocycles. The Hall–Kier alpha value is -2.34. The van der Waals surface area contributed by atoms with Gasteiger partial charge in [-0.05, 0) is 13.3 Å². The van der Waals surface area contributed by atoms with E-state index < -0.39 is 23.9 Å². The number of aromatic nitrogens is 2. The van der Waals surface area contributed by atoms with Crippen molar-refractivity contribution >= 4 is 57.5 Å². The maximum atomic E-state index is 12.7. The summed E-state index contributed by atoms with van der Waals surface area (Å²) in [5.74, 6) is -2.18. The fourth-order valence-corrected chi connectivity index (χ4v) is 4.68. The van der Waals surface area contributed by atoms with Crippen molar-refractivity contribution in [1.82, 2.24) is 20.6 Å². The molecular formula is C18H21Cl2N5O5S. The van der Waals surface area contributed by atoms with E-state index in [1.165, 1.54) is 14.2 Å². The number of anilines is 1. The number of H-pyrrole nitrogens is 1. The lowest BCUT2D eigenvalue weighted by molar-refractivity contribution is 0.0540. The van der Waals surface area contributed by atoms with E-state index in [9.17, 15) is 19.5 Å². The van der Waals surface area contributed by atoms with E-state index in [4.69, 9.17) is 27.9 Å². The Balaban J connectivity index is 1.75. The van der Waals surface area contributed by atoms with Gasteiger partial charge in [-0.1, -0.05) is 34.5 Å². The number of nitrogens with one attached hydrogen (secondary N) is 3. The van der Waals surface area contributed by atoms with Crippen LogP contribution in [0.25, 0.3) is 0 Å². The maximum Gasteiger partial charge on any atom is 0.348 e. The number of carboxylic acid groups (broad SMARTS) is 1. The van der Waals surface area contributed by atoms with Crippen molar-refractivity contribution in [2.45, 2.75) is 25.5 Å². The van der Waals surface area contributed by atoms with Crippen LogP contribution >= 0.6 is 34.5 Å². The third kappa shape index (κ3) is 4.64. The van der Waals surface area contributed by atoms with Crippen LogP contribution in [0.5, 0.6) is 0 Å². The van der Waals surface area contributed by atoms with E-state index in [2.05, 4.69) is 20.6 Å². The lowest BCUT2D eigenvalue weighted by Gasteiger charge is -2.37. The first-order valence-electron chi connectivity index (χ1n) is 9.26. The van der Waals surface area contributed by atoms with E-state index in [1.807, 2.05) is 4.90 Å². The van der Waals surface area contributed by atoms with Gasteiger partial charge in [0.15, 0.2) is 10.8 Å². The zero-order chi connectivity index (χ0) is 22.9. The summed E-state index contributed by atoms with van der Waals surface area (Å²) in [5.41, 5.74) is 0.649. The fraction of sp³-hybridized carbons (Fsp3) is 0.444. The van der Waals surface area contributed by atoms with Crippen LogP contribution in [0.2, 0.25) is 10.0 Å². The van der Waals surface area contributed by atoms with E-state index in [1.54, 1.807) is 6.92 Å². The molecule has 1 aliphatic heterocycles. The largest absolute Gasteiger partial charge is 0.477 e. The number of aromatic carboxylic acids is 1. The first-order valence-corrected chi connectivity index (χ1v) is 10.8. The summed E-state index contributed by atoms with van der Waals surface area (Å²) >= 11 is 13.1. The fourth-order valence-electron chi connectivity index (χ4n) is 3.32. The summed E-state index contributed by atoms with van der Waals surface area (Å²) in [6.45, 7) is 2.54. The van der Waals surface area contributed by atoms with Crippen LogP contribution in [0.4, 0.5) is 5.13 Å². The van der Waals surface area contributed by atoms with Crippen LogP contribution in [-0.4, -0.2) is 72.3 Å². The molecule has 10 nitrogen and oxygen atoms in total. The quantitative estimate of drug-likeness (QED) is 0.487. The van der Waals surface area contributed by atoms with E-state index in [0.717, 1.165) is 11.3 Å². The van der Waals surface area contributed by atoms with Crippen LogP contribution in [0.1, 0.15) is 42.8 Å². The molecule has 168 valence electrons. The average molecular weight is 490 g/mol. The molecule has 2 amide bonds. The molecule has 13 heteroatoms. The Bertz CT molecular complexity index is 1020. The number of hydrogen-bond acceptors (Lipinski definition) is 7. The average Bonchev–Trinajstić information content (AvgIpc) is 3.31. The molecule has 0 radical (unpaired) electrons. The maximum absolute atomic E-state index is 12.7. The van der Waals surface area contributed by atoms with Crippen molar-refractivity contribution in [3.63, 3.8) is 0 Å². The number of carbonyl (C=O) groups is 3. The Morgan fingerprint density at radius 3 is 2.55 bits per heavy atom. The van der Waals surface area contributed by atoms with Gasteiger partial charge in [0.2, 0.25) is 0 Å². The number of ether oxygens (including phenoxy) is 1. The van der Waals surface area contributed by atoms with Crippen molar-refractivity contribution in [2.24, 2.45) is 0 Å². The van der Waals surface area contributed by atoms with Gasteiger partial charge in [0.05, 0.1) is 22.2 Å². The van der Waals surface area contributed by atoms with Crippen molar-refractivity contribution in [3.05, 3.63) is 32.0 Å². The zero-order valence-electron chi connectivity index (χ0n) is 16.9. The number of carboxylic acids is 1. The highest BCUT2D eigenvalue weighted by atomic mass is 35.5. The summed E-state index contributed by atoms with van der Waals surface area (Å²) in [6.07, 6.45) is 0.107. The number of halogens is 2. The number of rotatable bonds is 6. The molecule has 2 unspecified atom stereocenters. The molecule has 0 aliphatic carbocycles. The van der Waals surface area contributed by atoms with Crippen LogP contribution in [-0.2, 0) is 4.74 Å². The lowest BCUT2D eigenvalue weighted by Crippen LogP contribution is -2.55. The molecule has 4 N–H and O–H groups in total. The molecule has 1 aliphatic rings. The number of carbonyl (C=O) groups excluding carboxylic acids is 2. The first kappa shape index (κ1) is 23.3. The number of hydrogen-bond donors (Lipinski definition) is 4. The second-order valence-electron chi connectivity index (χ2n) is 6.90. The highest BCUT2D eigenvalue weighted by molar-refractivity contribution is 7.17. The molecule has 0 bridgehead atoms. The minimum Gasteiger partial charge on any atom is -0.477 e. The SMILES string of the molecule is CNC(=O)c1nc(N2CCC(NC(=O)c3[nH]c(C)c(Cl)c3Cl)C(OC)C2)sc1C(=O)O. The molecule has 1 fully saturated rings. The van der Waals surface area contributed by atoms with Gasteiger partial charge in [-0.2, -0.15) is 0 Å². The molecule has 2 atom stereocenters. The standard InChI is InChI=1S/C18H21Cl2N5O5S/c1-7-10(19)11(20)12(22-7)16(27)23-8-4-5-25(6-9(8)30-3)18-24-13(15(26)21-2)14(31-18)17(28)29/h8-9,22H,4-6H2,1-3H3,(H,21,26)(H,23,27)(H,28,29). The minimum atomic E-state index is -1.22. The van der Waals surface area contributed by atoms with Gasteiger partial charge in [-0.25, -0.2) is 9.78 Å². The molecule has 0 saturated carbocycles. The molecule has 2 aromatic rings. The molecule has 3 heterocycles. The van der Waals surface area contributed by atoms with Gasteiger partial charge >= 0.3 is 5.97 Å². The second kappa shape index (κ2) is 9.43. The third-order valence-electron chi connectivity index (χ3n) is 4.98. The Morgan fingerprint density at radius 1 is 1.29 bits per heavy atom. The number of aromatic amines is 1. The Kier molecular flexibility index (Phi) is 7.10. The van der Waals surface area contributed by atoms with Crippen molar-refractivity contribution in [3.8, 4) is 0 Å². The molecular weight excluding hydrogens is 469 g/mol. The van der Waals surface area contributed by atoms with Gasteiger partial charge in [-0.3, -0.25) is 9.59 Å². The van der Waals surface area contributed by atoms with Gasteiger partial charge in [-0.15, -0.1) is 0 Å². The molecule has 0 spiro atoms. The van der Waals surface area contributed by atoms with Gasteiger partial charge in [0.25, 0.3) is 11.8 Å². The summed E-state index contributed by atoms with van der Waals surface area (Å²) in [7, 11) is 2.93. The lowest BCUT2D eigenvalue weighted by atomic mass is 10.0. The number of aryl methyl sites for hydroxylation is 1. The Morgan fingerprint density at radius 2 is 2.00 bits per heavy atom. The first-order chi connectivity index (χ1) is 14.7. The molecule has 0 aromatic carbocycles. The predicted molar refractivity (Wildman–Crippen MR) is 117 cm³/mol. The van der Waals surface area contributed by atoms with Gasteiger partial charge < -0.3 is 30.4 Å². The van der Waals surface area contributed by atoms with Crippen LogP contribution in [0.15, 0.2) is 0 Å². The Labute approximate surface area is 191 Å². The summed E-state index contributed by atoms with van der Waals surface area (Å²) < 4.78 is 5.56.